The summed E-state index contributed by atoms with van der Waals surface area (Å²) in [7, 11) is 1.65. The first-order valence-corrected chi connectivity index (χ1v) is 6.87. The van der Waals surface area contributed by atoms with Crippen LogP contribution in [0.15, 0.2) is 42.5 Å². The Labute approximate surface area is 124 Å². The number of benzene rings is 2. The summed E-state index contributed by atoms with van der Waals surface area (Å²) in [6, 6.07) is 13.9. The van der Waals surface area contributed by atoms with Gasteiger partial charge in [0.1, 0.15) is 5.75 Å². The Morgan fingerprint density at radius 2 is 2.05 bits per heavy atom. The Morgan fingerprint density at radius 1 is 1.25 bits per heavy atom. The van der Waals surface area contributed by atoms with Crippen LogP contribution in [-0.2, 0) is 6.42 Å². The van der Waals surface area contributed by atoms with Crippen molar-refractivity contribution < 1.29 is 4.74 Å². The zero-order valence-corrected chi connectivity index (χ0v) is 12.4. The van der Waals surface area contributed by atoms with E-state index in [9.17, 15) is 0 Å². The molecule has 1 unspecified atom stereocenters. The fourth-order valence-corrected chi connectivity index (χ4v) is 2.48. The van der Waals surface area contributed by atoms with Gasteiger partial charge in [-0.2, -0.15) is 0 Å². The van der Waals surface area contributed by atoms with Crippen LogP contribution < -0.4 is 16.0 Å². The van der Waals surface area contributed by atoms with Gasteiger partial charge in [-0.05, 0) is 48.2 Å². The van der Waals surface area contributed by atoms with E-state index in [1.165, 1.54) is 0 Å². The lowest BCUT2D eigenvalue weighted by atomic mass is 9.98. The number of nitrogens with two attached hydrogens (primary N) is 1. The molecule has 0 aliphatic heterocycles. The molecule has 3 N–H and O–H groups in total. The van der Waals surface area contributed by atoms with E-state index in [4.69, 9.17) is 22.2 Å². The molecule has 0 saturated carbocycles. The van der Waals surface area contributed by atoms with E-state index in [0.717, 1.165) is 33.9 Å². The summed E-state index contributed by atoms with van der Waals surface area (Å²) in [4.78, 5) is 0. The molecule has 0 aromatic heterocycles. The number of ether oxygens (including phenoxy) is 1. The molecule has 0 heterocycles. The van der Waals surface area contributed by atoms with E-state index in [2.05, 4.69) is 11.5 Å². The third-order valence-electron chi connectivity index (χ3n) is 3.33. The highest BCUT2D eigenvalue weighted by Gasteiger charge is 2.13. The number of halogens is 1. The third kappa shape index (κ3) is 3.51. The molecule has 3 nitrogen and oxygen atoms in total. The molecule has 0 spiro atoms. The Morgan fingerprint density at radius 3 is 2.70 bits per heavy atom. The minimum absolute atomic E-state index is 0.00898. The van der Waals surface area contributed by atoms with Crippen LogP contribution in [0.3, 0.4) is 0 Å². The minimum atomic E-state index is -0.00898. The Hall–Kier alpha value is -1.55. The number of nitrogens with one attached hydrogen (secondary N) is 1. The van der Waals surface area contributed by atoms with Gasteiger partial charge in [0.25, 0.3) is 0 Å². The van der Waals surface area contributed by atoms with Crippen molar-refractivity contribution in [3.8, 4) is 5.75 Å². The predicted octanol–water partition coefficient (Wildman–Crippen LogP) is 3.40. The number of hydrogen-bond donors (Lipinski definition) is 2. The van der Waals surface area contributed by atoms with Crippen molar-refractivity contribution in [1.29, 1.82) is 0 Å². The molecule has 4 heteroatoms. The maximum atomic E-state index is 6.28. The SMILES string of the molecule is COc1cccc(C(Cc2ccc(C)cc2Cl)NN)c1. The van der Waals surface area contributed by atoms with Crippen LogP contribution in [0.5, 0.6) is 5.75 Å². The molecule has 0 bridgehead atoms. The van der Waals surface area contributed by atoms with Crippen LogP contribution in [0.1, 0.15) is 22.7 Å². The van der Waals surface area contributed by atoms with Crippen molar-refractivity contribution in [2.24, 2.45) is 5.84 Å². The molecule has 0 aliphatic carbocycles. The molecule has 1 atom stereocenters. The van der Waals surface area contributed by atoms with Crippen molar-refractivity contribution in [3.63, 3.8) is 0 Å². The van der Waals surface area contributed by atoms with Gasteiger partial charge in [0.05, 0.1) is 13.2 Å². The van der Waals surface area contributed by atoms with Crippen molar-refractivity contribution >= 4 is 11.6 Å². The van der Waals surface area contributed by atoms with Gasteiger partial charge in [-0.3, -0.25) is 11.3 Å². The normalized spacial score (nSPS) is 12.2. The smallest absolute Gasteiger partial charge is 0.119 e. The summed E-state index contributed by atoms with van der Waals surface area (Å²) in [6.07, 6.45) is 0.725. The second kappa shape index (κ2) is 6.75. The Balaban J connectivity index is 2.23. The highest BCUT2D eigenvalue weighted by atomic mass is 35.5. The number of methoxy groups -OCH3 is 1. The summed E-state index contributed by atoms with van der Waals surface area (Å²) >= 11 is 6.28. The standard InChI is InChI=1S/C16H19ClN2O/c1-11-6-7-12(15(17)8-11)10-16(19-18)13-4-3-5-14(9-13)20-2/h3-9,16,19H,10,18H2,1-2H3. The zero-order chi connectivity index (χ0) is 14.5. The molecule has 0 aliphatic rings. The van der Waals surface area contributed by atoms with E-state index in [1.807, 2.05) is 43.3 Å². The van der Waals surface area contributed by atoms with E-state index in [-0.39, 0.29) is 6.04 Å². The number of aryl methyl sites for hydroxylation is 1. The van der Waals surface area contributed by atoms with Crippen molar-refractivity contribution in [3.05, 3.63) is 64.2 Å². The molecule has 0 saturated heterocycles. The second-order valence-corrected chi connectivity index (χ2v) is 5.20. The van der Waals surface area contributed by atoms with Crippen LogP contribution in [-0.4, -0.2) is 7.11 Å². The summed E-state index contributed by atoms with van der Waals surface area (Å²) < 4.78 is 5.24. The first kappa shape index (κ1) is 14.9. The molecule has 0 radical (unpaired) electrons. The summed E-state index contributed by atoms with van der Waals surface area (Å²) in [6.45, 7) is 2.02. The molecule has 106 valence electrons. The van der Waals surface area contributed by atoms with Gasteiger partial charge in [-0.25, -0.2) is 0 Å². The van der Waals surface area contributed by atoms with Gasteiger partial charge in [0, 0.05) is 5.02 Å². The predicted molar refractivity (Wildman–Crippen MR) is 83.0 cm³/mol. The molecule has 2 aromatic rings. The van der Waals surface area contributed by atoms with Gasteiger partial charge in [0.15, 0.2) is 0 Å². The van der Waals surface area contributed by atoms with E-state index < -0.39 is 0 Å². The summed E-state index contributed by atoms with van der Waals surface area (Å²) in [5, 5.41) is 0.771. The first-order chi connectivity index (χ1) is 9.63. The van der Waals surface area contributed by atoms with Crippen LogP contribution in [0.2, 0.25) is 5.02 Å². The van der Waals surface area contributed by atoms with Gasteiger partial charge >= 0.3 is 0 Å². The minimum Gasteiger partial charge on any atom is -0.497 e. The molecule has 2 rings (SSSR count). The monoisotopic (exact) mass is 290 g/mol. The summed E-state index contributed by atoms with van der Waals surface area (Å²) in [5.74, 6) is 6.51. The van der Waals surface area contributed by atoms with Crippen molar-refractivity contribution in [2.45, 2.75) is 19.4 Å². The molecular formula is C16H19ClN2O. The van der Waals surface area contributed by atoms with Crippen LogP contribution in [0, 0.1) is 6.92 Å². The Bertz CT molecular complexity index is 586. The Kier molecular flexibility index (Phi) is 5.01. The van der Waals surface area contributed by atoms with Crippen LogP contribution >= 0.6 is 11.6 Å². The fourth-order valence-electron chi connectivity index (χ4n) is 2.17. The number of hydrazine groups is 1. The van der Waals surface area contributed by atoms with E-state index >= 15 is 0 Å². The first-order valence-electron chi connectivity index (χ1n) is 6.49. The number of rotatable bonds is 5. The highest BCUT2D eigenvalue weighted by molar-refractivity contribution is 6.31. The maximum absolute atomic E-state index is 6.28. The molecule has 2 aromatic carbocycles. The van der Waals surface area contributed by atoms with Crippen molar-refractivity contribution in [1.82, 2.24) is 5.43 Å². The lowest BCUT2D eigenvalue weighted by Crippen LogP contribution is -2.29. The largest absolute Gasteiger partial charge is 0.497 e. The topological polar surface area (TPSA) is 47.3 Å². The molecular weight excluding hydrogens is 272 g/mol. The fraction of sp³-hybridized carbons (Fsp3) is 0.250. The van der Waals surface area contributed by atoms with E-state index in [1.54, 1.807) is 7.11 Å². The van der Waals surface area contributed by atoms with Gasteiger partial charge < -0.3 is 4.74 Å². The highest BCUT2D eigenvalue weighted by Crippen LogP contribution is 2.26. The summed E-state index contributed by atoms with van der Waals surface area (Å²) in [5.41, 5.74) is 6.14. The number of hydrogen-bond acceptors (Lipinski definition) is 3. The van der Waals surface area contributed by atoms with Gasteiger partial charge in [-0.15, -0.1) is 0 Å². The molecule has 0 amide bonds. The quantitative estimate of drug-likeness (QED) is 0.655. The maximum Gasteiger partial charge on any atom is 0.119 e. The van der Waals surface area contributed by atoms with Gasteiger partial charge in [0.2, 0.25) is 0 Å². The van der Waals surface area contributed by atoms with E-state index in [0.29, 0.717) is 0 Å². The lowest BCUT2D eigenvalue weighted by molar-refractivity contribution is 0.413. The zero-order valence-electron chi connectivity index (χ0n) is 11.7. The van der Waals surface area contributed by atoms with Gasteiger partial charge in [-0.1, -0.05) is 35.9 Å². The second-order valence-electron chi connectivity index (χ2n) is 4.79. The van der Waals surface area contributed by atoms with Crippen LogP contribution in [0.25, 0.3) is 0 Å². The lowest BCUT2D eigenvalue weighted by Gasteiger charge is -2.18. The van der Waals surface area contributed by atoms with Crippen molar-refractivity contribution in [2.75, 3.05) is 7.11 Å². The van der Waals surface area contributed by atoms with Crippen LogP contribution in [0.4, 0.5) is 0 Å². The average Bonchev–Trinajstić information content (AvgIpc) is 2.46. The molecule has 0 fully saturated rings. The molecule has 20 heavy (non-hydrogen) atoms. The third-order valence-corrected chi connectivity index (χ3v) is 3.68. The average molecular weight is 291 g/mol.